The molecule has 1 amide bonds. The van der Waals surface area contributed by atoms with E-state index in [0.29, 0.717) is 35.3 Å². The molecule has 7 nitrogen and oxygen atoms in total. The van der Waals surface area contributed by atoms with Gasteiger partial charge in [-0.05, 0) is 49.9 Å². The summed E-state index contributed by atoms with van der Waals surface area (Å²) in [6.07, 6.45) is 0.0740. The number of benzene rings is 2. The molecule has 0 radical (unpaired) electrons. The number of rotatable bonds is 9. The summed E-state index contributed by atoms with van der Waals surface area (Å²) in [6.45, 7) is 8.75. The van der Waals surface area contributed by atoms with E-state index < -0.39 is 29.6 Å². The van der Waals surface area contributed by atoms with E-state index in [1.54, 1.807) is 26.0 Å². The first-order chi connectivity index (χ1) is 16.1. The first-order valence-electron chi connectivity index (χ1n) is 11.4. The Balaban J connectivity index is 1.86. The third kappa shape index (κ3) is 5.30. The van der Waals surface area contributed by atoms with Gasteiger partial charge in [0, 0.05) is 22.9 Å². The molecule has 180 valence electrons. The van der Waals surface area contributed by atoms with Gasteiger partial charge in [0.15, 0.2) is 6.10 Å². The average molecular weight is 465 g/mol. The van der Waals surface area contributed by atoms with Crippen molar-refractivity contribution in [3.05, 3.63) is 75.1 Å². The predicted octanol–water partition coefficient (Wildman–Crippen LogP) is 3.05. The van der Waals surface area contributed by atoms with Gasteiger partial charge in [-0.3, -0.25) is 4.79 Å². The Morgan fingerprint density at radius 3 is 2.35 bits per heavy atom. The van der Waals surface area contributed by atoms with Crippen molar-refractivity contribution < 1.29 is 23.8 Å². The number of amides is 1. The lowest BCUT2D eigenvalue weighted by Crippen LogP contribution is -2.54. The Bertz CT molecular complexity index is 1250. The minimum Gasteiger partial charge on any atom is -0.548 e. The molecule has 1 aromatic heterocycles. The second-order valence-corrected chi connectivity index (χ2v) is 8.67. The van der Waals surface area contributed by atoms with Crippen molar-refractivity contribution in [3.8, 4) is 5.75 Å². The summed E-state index contributed by atoms with van der Waals surface area (Å²) in [5.74, 6) is -1.81. The maximum atomic E-state index is 12.8. The number of ether oxygens (including phenoxy) is 1. The molecule has 0 unspecified atom stereocenters. The van der Waals surface area contributed by atoms with Crippen LogP contribution in [0.5, 0.6) is 5.75 Å². The van der Waals surface area contributed by atoms with E-state index in [9.17, 15) is 19.5 Å². The van der Waals surface area contributed by atoms with Gasteiger partial charge in [0.2, 0.25) is 0 Å². The topological polar surface area (TPSA) is 109 Å². The van der Waals surface area contributed by atoms with Gasteiger partial charge in [0.1, 0.15) is 11.3 Å². The highest BCUT2D eigenvalue weighted by atomic mass is 16.5. The van der Waals surface area contributed by atoms with Crippen LogP contribution in [-0.4, -0.2) is 24.0 Å². The van der Waals surface area contributed by atoms with Gasteiger partial charge >= 0.3 is 5.63 Å². The fourth-order valence-corrected chi connectivity index (χ4v) is 3.89. The van der Waals surface area contributed by atoms with Crippen molar-refractivity contribution in [2.75, 3.05) is 0 Å². The summed E-state index contributed by atoms with van der Waals surface area (Å²) in [6, 6.07) is 12.1. The Kier molecular flexibility index (Phi) is 7.76. The molecule has 34 heavy (non-hydrogen) atoms. The summed E-state index contributed by atoms with van der Waals surface area (Å²) in [4.78, 5) is 36.8. The largest absolute Gasteiger partial charge is 0.548 e. The molecule has 0 aliphatic rings. The van der Waals surface area contributed by atoms with Crippen LogP contribution in [-0.2, 0) is 16.0 Å². The van der Waals surface area contributed by atoms with E-state index in [4.69, 9.17) is 9.15 Å². The van der Waals surface area contributed by atoms with E-state index in [2.05, 4.69) is 5.32 Å². The van der Waals surface area contributed by atoms with Crippen molar-refractivity contribution in [1.82, 2.24) is 5.32 Å². The van der Waals surface area contributed by atoms with E-state index in [1.807, 2.05) is 44.2 Å². The quantitative estimate of drug-likeness (QED) is 0.488. The van der Waals surface area contributed by atoms with Crippen LogP contribution in [0.1, 0.15) is 49.4 Å². The molecule has 7 heteroatoms. The first-order valence-corrected chi connectivity index (χ1v) is 11.4. The zero-order valence-electron chi connectivity index (χ0n) is 20.1. The fourth-order valence-electron chi connectivity index (χ4n) is 3.89. The minimum absolute atomic E-state index is 0.286. The molecule has 0 bridgehead atoms. The Labute approximate surface area is 198 Å². The number of carbonyl (C=O) groups is 2. The van der Waals surface area contributed by atoms with Gasteiger partial charge < -0.3 is 24.4 Å². The summed E-state index contributed by atoms with van der Waals surface area (Å²) in [7, 11) is 0. The number of hydrogen-bond donors (Lipinski definition) is 1. The molecule has 0 spiro atoms. The van der Waals surface area contributed by atoms with E-state index in [0.717, 1.165) is 16.5 Å². The zero-order chi connectivity index (χ0) is 25.0. The Morgan fingerprint density at radius 1 is 1.06 bits per heavy atom. The number of fused-ring (bicyclic) bond motifs is 1. The zero-order valence-corrected chi connectivity index (χ0v) is 20.1. The fraction of sp³-hybridized carbons (Fsp3) is 0.370. The van der Waals surface area contributed by atoms with Gasteiger partial charge in [0.25, 0.3) is 5.91 Å². The number of nitrogens with one attached hydrogen (secondary N) is 1. The highest BCUT2D eigenvalue weighted by Gasteiger charge is 2.24. The van der Waals surface area contributed by atoms with Crippen molar-refractivity contribution in [3.63, 3.8) is 0 Å². The van der Waals surface area contributed by atoms with Gasteiger partial charge in [0.05, 0.1) is 12.0 Å². The highest BCUT2D eigenvalue weighted by molar-refractivity contribution is 5.87. The van der Waals surface area contributed by atoms with Crippen LogP contribution in [0.15, 0.2) is 51.7 Å². The van der Waals surface area contributed by atoms with Gasteiger partial charge in [-0.2, -0.15) is 0 Å². The maximum absolute atomic E-state index is 12.8. The highest BCUT2D eigenvalue weighted by Crippen LogP contribution is 2.30. The second kappa shape index (κ2) is 10.5. The third-order valence-electron chi connectivity index (χ3n) is 6.32. The molecule has 0 saturated carbocycles. The lowest BCUT2D eigenvalue weighted by atomic mass is 9.98. The van der Waals surface area contributed by atoms with Crippen LogP contribution >= 0.6 is 0 Å². The van der Waals surface area contributed by atoms with Crippen molar-refractivity contribution >= 4 is 22.8 Å². The van der Waals surface area contributed by atoms with Crippen LogP contribution in [0, 0.1) is 19.8 Å². The molecule has 3 rings (SSSR count). The summed E-state index contributed by atoms with van der Waals surface area (Å²) in [5.41, 5.74) is 3.02. The number of hydrogen-bond acceptors (Lipinski definition) is 6. The van der Waals surface area contributed by atoms with Gasteiger partial charge in [-0.15, -0.1) is 0 Å². The summed E-state index contributed by atoms with van der Waals surface area (Å²) in [5, 5.41) is 14.7. The van der Waals surface area contributed by atoms with Crippen molar-refractivity contribution in [1.29, 1.82) is 0 Å². The molecule has 3 aromatic rings. The number of carbonyl (C=O) groups excluding carboxylic acids is 2. The van der Waals surface area contributed by atoms with Crippen LogP contribution in [0.25, 0.3) is 11.0 Å². The summed E-state index contributed by atoms with van der Waals surface area (Å²) < 4.78 is 11.5. The number of aliphatic carboxylic acids is 1. The number of aryl methyl sites for hydroxylation is 2. The van der Waals surface area contributed by atoms with Gasteiger partial charge in [-0.1, -0.05) is 50.6 Å². The monoisotopic (exact) mass is 464 g/mol. The summed E-state index contributed by atoms with van der Waals surface area (Å²) >= 11 is 0. The molecule has 3 atom stereocenters. The molecule has 2 aromatic carbocycles. The number of carboxylic acid groups (broad SMARTS) is 1. The molecule has 0 fully saturated rings. The van der Waals surface area contributed by atoms with Crippen LogP contribution in [0.3, 0.4) is 0 Å². The van der Waals surface area contributed by atoms with Crippen molar-refractivity contribution in [2.24, 2.45) is 5.92 Å². The van der Waals surface area contributed by atoms with Crippen molar-refractivity contribution in [2.45, 2.75) is 59.6 Å². The third-order valence-corrected chi connectivity index (χ3v) is 6.32. The molecule has 1 N–H and O–H groups in total. The van der Waals surface area contributed by atoms with E-state index >= 15 is 0 Å². The van der Waals surface area contributed by atoms with Gasteiger partial charge in [-0.25, -0.2) is 4.79 Å². The lowest BCUT2D eigenvalue weighted by Gasteiger charge is -2.27. The molecular formula is C27H30NO6-. The second-order valence-electron chi connectivity index (χ2n) is 8.67. The molecule has 0 saturated heterocycles. The van der Waals surface area contributed by atoms with Crippen LogP contribution < -0.4 is 20.8 Å². The predicted molar refractivity (Wildman–Crippen MR) is 128 cm³/mol. The van der Waals surface area contributed by atoms with E-state index in [1.165, 1.54) is 6.92 Å². The molecular weight excluding hydrogens is 434 g/mol. The normalized spacial score (nSPS) is 13.8. The van der Waals surface area contributed by atoms with E-state index in [-0.39, 0.29) is 5.92 Å². The number of carboxylic acids is 1. The first kappa shape index (κ1) is 25.0. The molecule has 0 aliphatic carbocycles. The van der Waals surface area contributed by atoms with Crippen LogP contribution in [0.4, 0.5) is 0 Å². The minimum atomic E-state index is -1.33. The maximum Gasteiger partial charge on any atom is 0.340 e. The average Bonchev–Trinajstić information content (AvgIpc) is 2.82. The molecule has 0 aliphatic heterocycles. The molecule has 1 heterocycles. The smallest absolute Gasteiger partial charge is 0.340 e. The standard InChI is InChI=1S/C27H31NO6/c1-6-15(2)23(26(30)31)28-25(29)18(5)33-22-13-12-20-16(3)21(14-19-10-8-7-9-11-19)27(32)34-24(20)17(22)4/h7-13,15,18,23H,6,14H2,1-5H3,(H,28,29)(H,30,31)/p-1/t15-,18-,23+/m1/s1. The van der Waals surface area contributed by atoms with Crippen LogP contribution in [0.2, 0.25) is 0 Å². The Morgan fingerprint density at radius 2 is 1.74 bits per heavy atom. The lowest BCUT2D eigenvalue weighted by molar-refractivity contribution is -0.309. The Hall–Kier alpha value is -3.61. The SMILES string of the molecule is CC[C@@H](C)[C@H](NC(=O)[C@@H](C)Oc1ccc2c(C)c(Cc3ccccc3)c(=O)oc2c1C)C(=O)[O-].